The van der Waals surface area contributed by atoms with Gasteiger partial charge in [0.15, 0.2) is 12.4 Å². The average molecular weight is 379 g/mol. The lowest BCUT2D eigenvalue weighted by atomic mass is 10.1. The molecule has 2 aromatic carbocycles. The van der Waals surface area contributed by atoms with Gasteiger partial charge in [0.2, 0.25) is 11.9 Å². The van der Waals surface area contributed by atoms with Crippen LogP contribution in [0.3, 0.4) is 0 Å². The summed E-state index contributed by atoms with van der Waals surface area (Å²) in [7, 11) is 1.49. The molecule has 1 heterocycles. The number of carbonyl (C=O) groups is 1. The zero-order valence-corrected chi connectivity index (χ0v) is 15.7. The Balaban J connectivity index is 1.74. The van der Waals surface area contributed by atoms with Gasteiger partial charge in [-0.15, -0.1) is 0 Å². The van der Waals surface area contributed by atoms with Crippen LogP contribution in [0.1, 0.15) is 28.7 Å². The molecule has 144 valence electrons. The number of nitrogen functional groups attached to an aromatic ring is 1. The van der Waals surface area contributed by atoms with Crippen LogP contribution in [0.5, 0.6) is 5.75 Å². The van der Waals surface area contributed by atoms with Crippen molar-refractivity contribution in [2.75, 3.05) is 18.2 Å². The highest BCUT2D eigenvalue weighted by Gasteiger charge is 2.14. The van der Waals surface area contributed by atoms with Gasteiger partial charge in [-0.1, -0.05) is 37.3 Å². The molecule has 0 saturated heterocycles. The van der Waals surface area contributed by atoms with Crippen LogP contribution in [0.25, 0.3) is 0 Å². The number of rotatable bonds is 7. The standard InChI is InChI=1S/C20H21N5O3/c1-3-13-8-4-6-10-15(13)22-20-24-17(23-19(21)25-20)12-28-18(26)14-9-5-7-11-16(14)27-2/h4-11H,3,12H2,1-2H3,(H3,21,22,23,24,25). The van der Waals surface area contributed by atoms with Gasteiger partial charge < -0.3 is 20.5 Å². The molecule has 0 unspecified atom stereocenters. The number of esters is 1. The summed E-state index contributed by atoms with van der Waals surface area (Å²) >= 11 is 0. The molecule has 0 amide bonds. The molecule has 0 atom stereocenters. The third kappa shape index (κ3) is 4.53. The van der Waals surface area contributed by atoms with Crippen molar-refractivity contribution in [2.45, 2.75) is 20.0 Å². The van der Waals surface area contributed by atoms with Gasteiger partial charge in [0, 0.05) is 5.69 Å². The molecule has 3 N–H and O–H groups in total. The van der Waals surface area contributed by atoms with E-state index in [0.717, 1.165) is 17.7 Å². The van der Waals surface area contributed by atoms with Gasteiger partial charge in [-0.05, 0) is 30.2 Å². The largest absolute Gasteiger partial charge is 0.496 e. The van der Waals surface area contributed by atoms with Gasteiger partial charge in [-0.25, -0.2) is 4.79 Å². The van der Waals surface area contributed by atoms with E-state index in [2.05, 4.69) is 27.2 Å². The van der Waals surface area contributed by atoms with Crippen LogP contribution in [0.4, 0.5) is 17.6 Å². The molecule has 1 aromatic heterocycles. The first-order valence-corrected chi connectivity index (χ1v) is 8.76. The van der Waals surface area contributed by atoms with Crippen molar-refractivity contribution in [2.24, 2.45) is 0 Å². The summed E-state index contributed by atoms with van der Waals surface area (Å²) < 4.78 is 10.5. The van der Waals surface area contributed by atoms with Crippen LogP contribution < -0.4 is 15.8 Å². The summed E-state index contributed by atoms with van der Waals surface area (Å²) in [6.07, 6.45) is 0.854. The molecule has 0 aliphatic heterocycles. The van der Waals surface area contributed by atoms with Gasteiger partial charge in [-0.2, -0.15) is 15.0 Å². The molecule has 0 spiro atoms. The number of benzene rings is 2. The number of aryl methyl sites for hydroxylation is 1. The maximum absolute atomic E-state index is 12.3. The maximum Gasteiger partial charge on any atom is 0.342 e. The first-order valence-electron chi connectivity index (χ1n) is 8.76. The summed E-state index contributed by atoms with van der Waals surface area (Å²) in [5.74, 6) is 0.460. The lowest BCUT2D eigenvalue weighted by Gasteiger charge is -2.11. The molecule has 0 fully saturated rings. The summed E-state index contributed by atoms with van der Waals surface area (Å²) in [5.41, 5.74) is 8.10. The van der Waals surface area contributed by atoms with E-state index in [1.165, 1.54) is 7.11 Å². The Hall–Kier alpha value is -3.68. The van der Waals surface area contributed by atoms with Crippen LogP contribution in [0, 0.1) is 0 Å². The molecule has 0 radical (unpaired) electrons. The number of anilines is 3. The minimum absolute atomic E-state index is 0.0369. The average Bonchev–Trinajstić information content (AvgIpc) is 2.72. The molecule has 28 heavy (non-hydrogen) atoms. The van der Waals surface area contributed by atoms with Crippen molar-refractivity contribution in [3.8, 4) is 5.75 Å². The SMILES string of the molecule is CCc1ccccc1Nc1nc(N)nc(COC(=O)c2ccccc2OC)n1. The van der Waals surface area contributed by atoms with E-state index in [4.69, 9.17) is 15.2 Å². The van der Waals surface area contributed by atoms with Crippen LogP contribution >= 0.6 is 0 Å². The maximum atomic E-state index is 12.3. The van der Waals surface area contributed by atoms with Crippen LogP contribution in [-0.2, 0) is 17.8 Å². The van der Waals surface area contributed by atoms with Gasteiger partial charge in [0.05, 0.1) is 7.11 Å². The van der Waals surface area contributed by atoms with Crippen molar-refractivity contribution >= 4 is 23.6 Å². The van der Waals surface area contributed by atoms with Crippen LogP contribution in [0.2, 0.25) is 0 Å². The molecule has 0 bridgehead atoms. The molecule has 8 nitrogen and oxygen atoms in total. The van der Waals surface area contributed by atoms with E-state index in [1.54, 1.807) is 24.3 Å². The Kier molecular flexibility index (Phi) is 6.01. The predicted molar refractivity (Wildman–Crippen MR) is 105 cm³/mol. The van der Waals surface area contributed by atoms with Crippen LogP contribution in [0.15, 0.2) is 48.5 Å². The Morgan fingerprint density at radius 1 is 1.07 bits per heavy atom. The lowest BCUT2D eigenvalue weighted by molar-refractivity contribution is 0.0458. The number of ether oxygens (including phenoxy) is 2. The smallest absolute Gasteiger partial charge is 0.342 e. The number of para-hydroxylation sites is 2. The number of hydrogen-bond acceptors (Lipinski definition) is 8. The van der Waals surface area contributed by atoms with Crippen molar-refractivity contribution in [1.29, 1.82) is 0 Å². The van der Waals surface area contributed by atoms with Crippen LogP contribution in [-0.4, -0.2) is 28.0 Å². The minimum Gasteiger partial charge on any atom is -0.496 e. The quantitative estimate of drug-likeness (QED) is 0.602. The summed E-state index contributed by atoms with van der Waals surface area (Å²) in [5, 5.41) is 3.14. The predicted octanol–water partition coefficient (Wildman–Crippen LogP) is 3.13. The third-order valence-corrected chi connectivity index (χ3v) is 4.00. The fraction of sp³-hybridized carbons (Fsp3) is 0.200. The molecule has 8 heteroatoms. The fourth-order valence-corrected chi connectivity index (χ4v) is 2.65. The first-order chi connectivity index (χ1) is 13.6. The van der Waals surface area contributed by atoms with E-state index < -0.39 is 5.97 Å². The molecule has 0 aliphatic carbocycles. The van der Waals surface area contributed by atoms with Crippen molar-refractivity contribution in [1.82, 2.24) is 15.0 Å². The molecular weight excluding hydrogens is 358 g/mol. The highest BCUT2D eigenvalue weighted by Crippen LogP contribution is 2.20. The van der Waals surface area contributed by atoms with E-state index in [1.807, 2.05) is 24.3 Å². The monoisotopic (exact) mass is 379 g/mol. The van der Waals surface area contributed by atoms with E-state index in [9.17, 15) is 4.79 Å². The zero-order chi connectivity index (χ0) is 19.9. The summed E-state index contributed by atoms with van der Waals surface area (Å²) in [4.78, 5) is 24.7. The van der Waals surface area contributed by atoms with Gasteiger partial charge in [0.1, 0.15) is 11.3 Å². The zero-order valence-electron chi connectivity index (χ0n) is 15.7. The van der Waals surface area contributed by atoms with Gasteiger partial charge in [0.25, 0.3) is 0 Å². The van der Waals surface area contributed by atoms with Gasteiger partial charge in [-0.3, -0.25) is 0 Å². The molecule has 3 aromatic rings. The van der Waals surface area contributed by atoms with E-state index in [0.29, 0.717) is 11.3 Å². The van der Waals surface area contributed by atoms with Crippen molar-refractivity contribution in [3.63, 3.8) is 0 Å². The third-order valence-electron chi connectivity index (χ3n) is 4.00. The number of carbonyl (C=O) groups excluding carboxylic acids is 1. The summed E-state index contributed by atoms with van der Waals surface area (Å²) in [6, 6.07) is 14.6. The topological polar surface area (TPSA) is 112 Å². The Morgan fingerprint density at radius 3 is 2.61 bits per heavy atom. The first kappa shape index (κ1) is 19.1. The second-order valence-corrected chi connectivity index (χ2v) is 5.85. The summed E-state index contributed by atoms with van der Waals surface area (Å²) in [6.45, 7) is 1.92. The number of aromatic nitrogens is 3. The lowest BCUT2D eigenvalue weighted by Crippen LogP contribution is -2.12. The Labute approximate surface area is 162 Å². The van der Waals surface area contributed by atoms with E-state index >= 15 is 0 Å². The van der Waals surface area contributed by atoms with Crippen molar-refractivity contribution < 1.29 is 14.3 Å². The van der Waals surface area contributed by atoms with Gasteiger partial charge >= 0.3 is 5.97 Å². The number of methoxy groups -OCH3 is 1. The number of nitrogens with two attached hydrogens (primary N) is 1. The van der Waals surface area contributed by atoms with Crippen molar-refractivity contribution in [3.05, 3.63) is 65.5 Å². The highest BCUT2D eigenvalue weighted by atomic mass is 16.5. The second kappa shape index (κ2) is 8.81. The highest BCUT2D eigenvalue weighted by molar-refractivity contribution is 5.92. The second-order valence-electron chi connectivity index (χ2n) is 5.85. The fourth-order valence-electron chi connectivity index (χ4n) is 2.65. The number of nitrogens with zero attached hydrogens (tertiary/aromatic N) is 3. The molecular formula is C20H21N5O3. The molecule has 0 aliphatic rings. The molecule has 0 saturated carbocycles. The Morgan fingerprint density at radius 2 is 1.82 bits per heavy atom. The normalized spacial score (nSPS) is 10.4. The molecule has 3 rings (SSSR count). The van der Waals surface area contributed by atoms with E-state index in [-0.39, 0.29) is 24.3 Å². The minimum atomic E-state index is -0.540. The Bertz CT molecular complexity index is 978. The number of nitrogens with one attached hydrogen (secondary N) is 1. The number of hydrogen-bond donors (Lipinski definition) is 2.